The van der Waals surface area contributed by atoms with Gasteiger partial charge < -0.3 is 10.6 Å². The van der Waals surface area contributed by atoms with Gasteiger partial charge in [-0.1, -0.05) is 12.1 Å². The van der Waals surface area contributed by atoms with Crippen LogP contribution in [0.1, 0.15) is 54.3 Å². The van der Waals surface area contributed by atoms with Crippen LogP contribution in [-0.4, -0.2) is 48.6 Å². The lowest BCUT2D eigenvalue weighted by Crippen LogP contribution is -2.19. The molecule has 0 bridgehead atoms. The SMILES string of the molecule is CCn1cc2ncc(N[C@@H](C)c3cccc(NC(=O)c4ccc(CN5CCCC5)nc4)c3)nc2n1. The highest BCUT2D eigenvalue weighted by molar-refractivity contribution is 6.04. The largest absolute Gasteiger partial charge is 0.362 e. The molecule has 5 rings (SSSR count). The van der Waals surface area contributed by atoms with E-state index in [9.17, 15) is 4.79 Å². The van der Waals surface area contributed by atoms with Crippen molar-refractivity contribution in [1.29, 1.82) is 0 Å². The van der Waals surface area contributed by atoms with E-state index in [4.69, 9.17) is 0 Å². The van der Waals surface area contributed by atoms with Gasteiger partial charge in [-0.3, -0.25) is 19.4 Å². The maximum Gasteiger partial charge on any atom is 0.257 e. The first kappa shape index (κ1) is 22.9. The fourth-order valence-electron chi connectivity index (χ4n) is 4.29. The molecule has 1 aliphatic heterocycles. The zero-order valence-corrected chi connectivity index (χ0v) is 20.1. The number of pyridine rings is 1. The molecule has 0 saturated carbocycles. The summed E-state index contributed by atoms with van der Waals surface area (Å²) >= 11 is 0. The summed E-state index contributed by atoms with van der Waals surface area (Å²) in [5, 5.41) is 10.8. The molecule has 4 heterocycles. The summed E-state index contributed by atoms with van der Waals surface area (Å²) in [6, 6.07) is 11.5. The van der Waals surface area contributed by atoms with Gasteiger partial charge in [0.15, 0.2) is 0 Å². The Morgan fingerprint density at radius 2 is 1.97 bits per heavy atom. The molecular formula is C26H30N8O. The van der Waals surface area contributed by atoms with E-state index < -0.39 is 0 Å². The lowest BCUT2D eigenvalue weighted by atomic mass is 10.1. The van der Waals surface area contributed by atoms with E-state index in [1.54, 1.807) is 12.4 Å². The third-order valence-corrected chi connectivity index (χ3v) is 6.28. The zero-order valence-electron chi connectivity index (χ0n) is 20.1. The summed E-state index contributed by atoms with van der Waals surface area (Å²) in [5.41, 5.74) is 4.67. The van der Waals surface area contributed by atoms with E-state index in [-0.39, 0.29) is 11.9 Å². The highest BCUT2D eigenvalue weighted by atomic mass is 16.1. The number of nitrogens with zero attached hydrogens (tertiary/aromatic N) is 6. The molecule has 1 amide bonds. The molecule has 9 nitrogen and oxygen atoms in total. The van der Waals surface area contributed by atoms with Crippen LogP contribution in [0.3, 0.4) is 0 Å². The van der Waals surface area contributed by atoms with E-state index in [0.717, 1.165) is 48.6 Å². The van der Waals surface area contributed by atoms with Crippen LogP contribution in [-0.2, 0) is 13.1 Å². The molecular weight excluding hydrogens is 440 g/mol. The summed E-state index contributed by atoms with van der Waals surface area (Å²) in [7, 11) is 0. The molecule has 0 spiro atoms. The smallest absolute Gasteiger partial charge is 0.257 e. The number of fused-ring (bicyclic) bond motifs is 1. The lowest BCUT2D eigenvalue weighted by molar-refractivity contribution is 0.102. The van der Waals surface area contributed by atoms with Crippen LogP contribution in [0, 0.1) is 0 Å². The average Bonchev–Trinajstić information content (AvgIpc) is 3.54. The maximum atomic E-state index is 12.8. The summed E-state index contributed by atoms with van der Waals surface area (Å²) in [6.45, 7) is 7.93. The van der Waals surface area contributed by atoms with Crippen molar-refractivity contribution in [2.75, 3.05) is 23.7 Å². The topological polar surface area (TPSA) is 101 Å². The van der Waals surface area contributed by atoms with Crippen molar-refractivity contribution in [1.82, 2.24) is 29.6 Å². The molecule has 4 aromatic rings. The van der Waals surface area contributed by atoms with Crippen molar-refractivity contribution >= 4 is 28.6 Å². The Morgan fingerprint density at radius 3 is 2.74 bits per heavy atom. The Bertz CT molecular complexity index is 1310. The fraction of sp³-hybridized carbons (Fsp3) is 0.346. The summed E-state index contributed by atoms with van der Waals surface area (Å²) in [6.07, 6.45) is 7.76. The minimum absolute atomic E-state index is 0.0431. The van der Waals surface area contributed by atoms with E-state index in [1.807, 2.05) is 61.1 Å². The van der Waals surface area contributed by atoms with Gasteiger partial charge in [0.1, 0.15) is 11.3 Å². The molecule has 0 unspecified atom stereocenters. The second-order valence-corrected chi connectivity index (χ2v) is 8.92. The first-order chi connectivity index (χ1) is 17.1. The fourth-order valence-corrected chi connectivity index (χ4v) is 4.29. The molecule has 0 radical (unpaired) electrons. The second-order valence-electron chi connectivity index (χ2n) is 8.92. The Kier molecular flexibility index (Phi) is 6.67. The van der Waals surface area contributed by atoms with Gasteiger partial charge in [-0.05, 0) is 69.6 Å². The molecule has 1 aromatic carbocycles. The number of carbonyl (C=O) groups is 1. The molecule has 0 aliphatic carbocycles. The molecule has 9 heteroatoms. The number of aryl methyl sites for hydroxylation is 1. The summed E-state index contributed by atoms with van der Waals surface area (Å²) in [4.78, 5) is 28.7. The van der Waals surface area contributed by atoms with Crippen LogP contribution in [0.5, 0.6) is 0 Å². The number of nitrogens with one attached hydrogen (secondary N) is 2. The number of hydrogen-bond donors (Lipinski definition) is 2. The normalized spacial score (nSPS) is 14.8. The number of rotatable bonds is 8. The van der Waals surface area contributed by atoms with Gasteiger partial charge in [0.2, 0.25) is 5.65 Å². The van der Waals surface area contributed by atoms with E-state index in [0.29, 0.717) is 17.0 Å². The minimum atomic E-state index is -0.175. The number of carbonyl (C=O) groups excluding carboxylic acids is 1. The van der Waals surface area contributed by atoms with Gasteiger partial charge in [-0.2, -0.15) is 5.10 Å². The van der Waals surface area contributed by atoms with Crippen molar-refractivity contribution in [2.45, 2.75) is 45.8 Å². The Hall–Kier alpha value is -3.85. The van der Waals surface area contributed by atoms with Crippen LogP contribution in [0.2, 0.25) is 0 Å². The first-order valence-corrected chi connectivity index (χ1v) is 12.1. The van der Waals surface area contributed by atoms with Crippen LogP contribution in [0.15, 0.2) is 55.0 Å². The van der Waals surface area contributed by atoms with Gasteiger partial charge in [0.25, 0.3) is 5.91 Å². The van der Waals surface area contributed by atoms with Crippen LogP contribution >= 0.6 is 0 Å². The molecule has 1 aliphatic rings. The molecule has 1 fully saturated rings. The maximum absolute atomic E-state index is 12.8. The number of benzene rings is 1. The standard InChI is InChI=1S/C26H30N8O/c1-3-34-17-23-25(32-34)31-24(15-28-23)29-18(2)19-7-6-8-21(13-19)30-26(35)20-9-10-22(27-14-20)16-33-11-4-5-12-33/h6-10,13-15,17-18H,3-5,11-12,16H2,1-2H3,(H,30,35)(H,29,31,32)/t18-/m0/s1. The molecule has 2 N–H and O–H groups in total. The van der Waals surface area contributed by atoms with Gasteiger partial charge >= 0.3 is 0 Å². The van der Waals surface area contributed by atoms with Crippen molar-refractivity contribution in [3.63, 3.8) is 0 Å². The summed E-state index contributed by atoms with van der Waals surface area (Å²) in [5.74, 6) is 0.478. The minimum Gasteiger partial charge on any atom is -0.362 e. The number of anilines is 2. The van der Waals surface area contributed by atoms with Gasteiger partial charge in [-0.25, -0.2) is 9.97 Å². The van der Waals surface area contributed by atoms with Crippen LogP contribution in [0.4, 0.5) is 11.5 Å². The van der Waals surface area contributed by atoms with E-state index in [1.165, 1.54) is 12.8 Å². The predicted octanol–water partition coefficient (Wildman–Crippen LogP) is 4.26. The molecule has 1 atom stereocenters. The Balaban J connectivity index is 1.22. The van der Waals surface area contributed by atoms with Crippen molar-refractivity contribution in [3.05, 3.63) is 71.8 Å². The number of aromatic nitrogens is 5. The van der Waals surface area contributed by atoms with E-state index in [2.05, 4.69) is 35.6 Å². The third kappa shape index (κ3) is 5.46. The quantitative estimate of drug-likeness (QED) is 0.397. The van der Waals surface area contributed by atoms with E-state index >= 15 is 0 Å². The number of likely N-dealkylation sites (tertiary alicyclic amines) is 1. The molecule has 35 heavy (non-hydrogen) atoms. The highest BCUT2D eigenvalue weighted by Crippen LogP contribution is 2.22. The van der Waals surface area contributed by atoms with Crippen molar-refractivity contribution < 1.29 is 4.79 Å². The Morgan fingerprint density at radius 1 is 1.11 bits per heavy atom. The number of hydrogen-bond acceptors (Lipinski definition) is 7. The van der Waals surface area contributed by atoms with Gasteiger partial charge in [0.05, 0.1) is 29.7 Å². The van der Waals surface area contributed by atoms with Crippen molar-refractivity contribution in [3.8, 4) is 0 Å². The predicted molar refractivity (Wildman–Crippen MR) is 136 cm³/mol. The molecule has 1 saturated heterocycles. The van der Waals surface area contributed by atoms with Crippen molar-refractivity contribution in [2.24, 2.45) is 0 Å². The van der Waals surface area contributed by atoms with Gasteiger partial charge in [0, 0.05) is 25.0 Å². The lowest BCUT2D eigenvalue weighted by Gasteiger charge is -2.16. The average molecular weight is 471 g/mol. The monoisotopic (exact) mass is 470 g/mol. The molecule has 3 aromatic heterocycles. The zero-order chi connectivity index (χ0) is 24.2. The highest BCUT2D eigenvalue weighted by Gasteiger charge is 2.14. The number of amides is 1. The Labute approximate surface area is 204 Å². The summed E-state index contributed by atoms with van der Waals surface area (Å²) < 4.78 is 1.82. The first-order valence-electron chi connectivity index (χ1n) is 12.1. The van der Waals surface area contributed by atoms with Gasteiger partial charge in [-0.15, -0.1) is 0 Å². The third-order valence-electron chi connectivity index (χ3n) is 6.28. The molecule has 180 valence electrons. The van der Waals surface area contributed by atoms with Crippen LogP contribution in [0.25, 0.3) is 11.2 Å². The second kappa shape index (κ2) is 10.2. The van der Waals surface area contributed by atoms with Crippen LogP contribution < -0.4 is 10.6 Å².